The number of hydroxylamine groups is 6. The zero-order chi connectivity index (χ0) is 35.6. The van der Waals surface area contributed by atoms with Gasteiger partial charge in [0, 0.05) is 0 Å². The maximum Gasteiger partial charge on any atom is 0.119 e. The Labute approximate surface area is 284 Å². The molecule has 2 unspecified atom stereocenters. The number of hydrogen-bond acceptors (Lipinski definition) is 12. The molecular weight excluding hydrogens is 612 g/mol. The Morgan fingerprint density at radius 3 is 0.812 bits per heavy atom. The van der Waals surface area contributed by atoms with Crippen molar-refractivity contribution in [1.82, 2.24) is 32.9 Å². The number of hydrogen-bond donors (Lipinski definition) is 6. The first-order chi connectivity index (χ1) is 22.7. The highest BCUT2D eigenvalue weighted by Crippen LogP contribution is 2.75. The van der Waals surface area contributed by atoms with Crippen LogP contribution in [0.5, 0.6) is 0 Å². The summed E-state index contributed by atoms with van der Waals surface area (Å²) in [5.41, 5.74) is 30.5. The average Bonchev–Trinajstić information content (AvgIpc) is 3.38. The van der Waals surface area contributed by atoms with E-state index < -0.39 is 33.2 Å². The molecule has 0 aliphatic heterocycles. The topological polar surface area (TPSA) is 128 Å². The molecule has 6 rings (SSSR count). The zero-order valence-corrected chi connectivity index (χ0v) is 31.4. The summed E-state index contributed by atoms with van der Waals surface area (Å²) in [6, 6.07) is 0. The summed E-state index contributed by atoms with van der Waals surface area (Å²) in [5, 5.41) is 0. The van der Waals surface area contributed by atoms with E-state index in [9.17, 15) is 0 Å². The summed E-state index contributed by atoms with van der Waals surface area (Å²) in [6.45, 7) is 21.8. The minimum Gasteiger partial charge on any atom is -0.304 e. The summed E-state index contributed by atoms with van der Waals surface area (Å²) in [4.78, 5) is 36.5. The van der Waals surface area contributed by atoms with E-state index in [2.05, 4.69) is 102 Å². The van der Waals surface area contributed by atoms with Gasteiger partial charge in [0.15, 0.2) is 0 Å². The quantitative estimate of drug-likeness (QED) is 0.134. The zero-order valence-electron chi connectivity index (χ0n) is 31.4. The Morgan fingerprint density at radius 2 is 0.521 bits per heavy atom. The molecule has 0 bridgehead atoms. The first-order valence-electron chi connectivity index (χ1n) is 16.4. The summed E-state index contributed by atoms with van der Waals surface area (Å²) >= 11 is 0. The van der Waals surface area contributed by atoms with Crippen molar-refractivity contribution in [3.8, 4) is 0 Å². The molecule has 0 fully saturated rings. The lowest BCUT2D eigenvalue weighted by Gasteiger charge is -2.67. The van der Waals surface area contributed by atoms with Crippen LogP contribution in [0.4, 0.5) is 0 Å². The van der Waals surface area contributed by atoms with Crippen molar-refractivity contribution >= 4 is 0 Å². The Kier molecular flexibility index (Phi) is 8.21. The van der Waals surface area contributed by atoms with Crippen LogP contribution >= 0.6 is 0 Å². The minimum absolute atomic E-state index is 0.894. The second kappa shape index (κ2) is 11.1. The van der Waals surface area contributed by atoms with Crippen molar-refractivity contribution in [2.75, 3.05) is 42.7 Å². The highest BCUT2D eigenvalue weighted by molar-refractivity contribution is 5.91. The molecule has 0 spiro atoms. The van der Waals surface area contributed by atoms with E-state index >= 15 is 0 Å². The minimum atomic E-state index is -1.16. The average molecular weight is 667 g/mol. The van der Waals surface area contributed by atoms with Crippen molar-refractivity contribution in [3.63, 3.8) is 0 Å². The molecule has 6 aliphatic carbocycles. The lowest BCUT2D eigenvalue weighted by molar-refractivity contribution is -0.0661. The van der Waals surface area contributed by atoms with Crippen molar-refractivity contribution in [3.05, 3.63) is 78.0 Å². The summed E-state index contributed by atoms with van der Waals surface area (Å²) < 4.78 is 0. The molecule has 0 saturated carbocycles. The third-order valence-electron chi connectivity index (χ3n) is 13.5. The van der Waals surface area contributed by atoms with E-state index in [1.54, 1.807) is 42.7 Å². The van der Waals surface area contributed by atoms with Crippen LogP contribution in [0.1, 0.15) is 69.2 Å². The van der Waals surface area contributed by atoms with Crippen LogP contribution in [0.25, 0.3) is 0 Å². The SMILES string of the molecule is CONC12C(C)=C(C)[C@@]3(NOC)C(C)=C(C)[C@@]4(NOC)C(C)=C(C)[C@@]5(NOC)C(C)=C(C)[C@@](NOC)(C(C)=C1C)C1=C5C4=C3C12NOC. The van der Waals surface area contributed by atoms with E-state index in [1.807, 2.05) is 0 Å². The molecule has 264 valence electrons. The van der Waals surface area contributed by atoms with Gasteiger partial charge in [-0.25, -0.2) is 0 Å². The third-order valence-corrected chi connectivity index (χ3v) is 13.5. The number of nitrogens with one attached hydrogen (secondary N) is 6. The molecule has 0 amide bonds. The van der Waals surface area contributed by atoms with Crippen LogP contribution in [0.3, 0.4) is 0 Å². The van der Waals surface area contributed by atoms with Gasteiger partial charge in [-0.3, -0.25) is 0 Å². The predicted molar refractivity (Wildman–Crippen MR) is 183 cm³/mol. The van der Waals surface area contributed by atoms with E-state index in [0.29, 0.717) is 0 Å². The third kappa shape index (κ3) is 3.16. The van der Waals surface area contributed by atoms with Crippen molar-refractivity contribution < 1.29 is 29.0 Å². The molecule has 0 aromatic rings. The fourth-order valence-electron chi connectivity index (χ4n) is 11.2. The number of rotatable bonds is 12. The van der Waals surface area contributed by atoms with Crippen LogP contribution in [0.2, 0.25) is 0 Å². The van der Waals surface area contributed by atoms with E-state index in [0.717, 1.165) is 78.0 Å². The van der Waals surface area contributed by atoms with Gasteiger partial charge in [-0.15, -0.1) is 0 Å². The summed E-state index contributed by atoms with van der Waals surface area (Å²) in [7, 11) is 10.0. The van der Waals surface area contributed by atoms with Gasteiger partial charge in [0.1, 0.15) is 33.2 Å². The smallest absolute Gasteiger partial charge is 0.119 e. The molecule has 0 heterocycles. The first-order valence-corrected chi connectivity index (χ1v) is 16.4. The van der Waals surface area contributed by atoms with Gasteiger partial charge >= 0.3 is 0 Å². The summed E-state index contributed by atoms with van der Waals surface area (Å²) in [5.74, 6) is 0. The van der Waals surface area contributed by atoms with Gasteiger partial charge in [0.2, 0.25) is 0 Å². The Hall–Kier alpha value is -2.30. The lowest BCUT2D eigenvalue weighted by atomic mass is 9.44. The van der Waals surface area contributed by atoms with Gasteiger partial charge in [-0.2, -0.15) is 32.9 Å². The lowest BCUT2D eigenvalue weighted by Crippen LogP contribution is -2.82. The van der Waals surface area contributed by atoms with Gasteiger partial charge in [-0.05, 0) is 147 Å². The largest absolute Gasteiger partial charge is 0.304 e. The van der Waals surface area contributed by atoms with Crippen LogP contribution in [-0.4, -0.2) is 75.9 Å². The van der Waals surface area contributed by atoms with Crippen LogP contribution in [-0.2, 0) is 29.0 Å². The fraction of sp³-hybridized carbons (Fsp3) is 0.611. The molecule has 0 aromatic carbocycles. The van der Waals surface area contributed by atoms with E-state index in [4.69, 9.17) is 29.0 Å². The molecule has 6 N–H and O–H groups in total. The van der Waals surface area contributed by atoms with Crippen LogP contribution in [0.15, 0.2) is 78.0 Å². The van der Waals surface area contributed by atoms with Crippen molar-refractivity contribution in [1.29, 1.82) is 0 Å². The van der Waals surface area contributed by atoms with Gasteiger partial charge in [-0.1, -0.05) is 0 Å². The molecule has 0 saturated heterocycles. The molecular formula is C36H54N6O6. The monoisotopic (exact) mass is 666 g/mol. The Morgan fingerprint density at radius 1 is 0.292 bits per heavy atom. The molecule has 12 nitrogen and oxygen atoms in total. The Bertz CT molecular complexity index is 1620. The second-order valence-corrected chi connectivity index (χ2v) is 14.1. The molecule has 6 aliphatic rings. The van der Waals surface area contributed by atoms with Gasteiger partial charge in [0.25, 0.3) is 0 Å². The van der Waals surface area contributed by atoms with E-state index in [-0.39, 0.29) is 0 Å². The molecule has 6 atom stereocenters. The van der Waals surface area contributed by atoms with Gasteiger partial charge in [0.05, 0.1) is 42.7 Å². The van der Waals surface area contributed by atoms with Crippen molar-refractivity contribution in [2.24, 2.45) is 0 Å². The standard InChI is InChI=1S/C36H54N6O6/c1-17-18(2)32(38-44-12)20(4)22(6)34(40-46-14)24(8)26(10)35(41-47-15)25(9)23(7)33(39-45-13)21(5)19(3)31(17,37-43-11)27-28(32)30(34)36(35,29(27)33)42-48-16/h37-42H,1-16H3/t31-,32+,33-,34+,35?,36?. The highest BCUT2D eigenvalue weighted by Gasteiger charge is 2.81. The normalized spacial score (nSPS) is 38.5. The van der Waals surface area contributed by atoms with Crippen LogP contribution in [0, 0.1) is 0 Å². The van der Waals surface area contributed by atoms with E-state index in [1.165, 1.54) is 0 Å². The summed E-state index contributed by atoms with van der Waals surface area (Å²) in [6.07, 6.45) is 0. The van der Waals surface area contributed by atoms with Gasteiger partial charge < -0.3 is 29.0 Å². The highest BCUT2D eigenvalue weighted by atomic mass is 16.7. The molecule has 48 heavy (non-hydrogen) atoms. The molecule has 0 radical (unpaired) electrons. The maximum absolute atomic E-state index is 6.25. The first kappa shape index (κ1) is 35.5. The fourth-order valence-corrected chi connectivity index (χ4v) is 11.2. The second-order valence-electron chi connectivity index (χ2n) is 14.1. The van der Waals surface area contributed by atoms with Crippen LogP contribution < -0.4 is 32.9 Å². The molecule has 12 heteroatoms. The maximum atomic E-state index is 6.25. The molecule has 0 aromatic heterocycles. The predicted octanol–water partition coefficient (Wildman–Crippen LogP) is 3.68. The van der Waals surface area contributed by atoms with Crippen molar-refractivity contribution in [2.45, 2.75) is 102 Å². The Balaban J connectivity index is 2.09.